The first kappa shape index (κ1) is 28.8. The van der Waals surface area contributed by atoms with Gasteiger partial charge < -0.3 is 10.2 Å². The van der Waals surface area contributed by atoms with Crippen LogP contribution in [0.1, 0.15) is 43.0 Å². The summed E-state index contributed by atoms with van der Waals surface area (Å²) in [5, 5.41) is 15.0. The normalized spacial score (nSPS) is 14.2. The van der Waals surface area contributed by atoms with E-state index in [0.29, 0.717) is 31.0 Å². The predicted molar refractivity (Wildman–Crippen MR) is 148 cm³/mol. The van der Waals surface area contributed by atoms with Crippen molar-refractivity contribution in [3.05, 3.63) is 101 Å². The van der Waals surface area contributed by atoms with Gasteiger partial charge in [0.2, 0.25) is 0 Å². The van der Waals surface area contributed by atoms with E-state index in [2.05, 4.69) is 15.3 Å². The lowest BCUT2D eigenvalue weighted by molar-refractivity contribution is -0.137. The Morgan fingerprint density at radius 1 is 1.18 bits per heavy atom. The molecule has 0 bridgehead atoms. The van der Waals surface area contributed by atoms with Crippen LogP contribution in [-0.4, -0.2) is 38.4 Å². The molecule has 4 rings (SSSR count). The van der Waals surface area contributed by atoms with Gasteiger partial charge in [0.15, 0.2) is 0 Å². The number of fused-ring (bicyclic) bond motifs is 1. The van der Waals surface area contributed by atoms with Gasteiger partial charge in [-0.25, -0.2) is 10.1 Å². The number of aromatic nitrogens is 1. The number of carbonyl (C=O) groups is 1. The highest BCUT2D eigenvalue weighted by atomic mass is 19.4. The number of hydrogen-bond acceptors (Lipinski definition) is 5. The highest BCUT2D eigenvalue weighted by Gasteiger charge is 2.30. The van der Waals surface area contributed by atoms with E-state index in [0.717, 1.165) is 39.6 Å². The maximum atomic E-state index is 13.5. The van der Waals surface area contributed by atoms with E-state index in [9.17, 15) is 23.2 Å². The molecular weight excluding hydrogens is 519 g/mol. The Morgan fingerprint density at radius 2 is 1.93 bits per heavy atom. The Bertz CT molecular complexity index is 1390. The Hall–Kier alpha value is -4.18. The van der Waals surface area contributed by atoms with Crippen LogP contribution in [0.4, 0.5) is 24.5 Å². The largest absolute Gasteiger partial charge is 0.416 e. The lowest BCUT2D eigenvalue weighted by Crippen LogP contribution is -2.38. The molecule has 1 amide bonds. The van der Waals surface area contributed by atoms with Crippen LogP contribution in [0.15, 0.2) is 83.8 Å². The molecule has 0 unspecified atom stereocenters. The fraction of sp³-hybridized carbons (Fsp3) is 0.300. The summed E-state index contributed by atoms with van der Waals surface area (Å²) < 4.78 is 38.7. The minimum atomic E-state index is -4.39. The number of hydrogen-bond donors (Lipinski definition) is 2. The maximum absolute atomic E-state index is 13.5. The number of nitrogens with zero attached hydrogens (tertiary/aromatic N) is 4. The highest BCUT2D eigenvalue weighted by Crippen LogP contribution is 2.32. The number of amides is 1. The fourth-order valence-corrected chi connectivity index (χ4v) is 4.55. The van der Waals surface area contributed by atoms with Gasteiger partial charge in [-0.05, 0) is 66.4 Å². The van der Waals surface area contributed by atoms with Gasteiger partial charge in [-0.15, -0.1) is 0 Å². The molecule has 2 heterocycles. The molecule has 10 heteroatoms. The zero-order valence-corrected chi connectivity index (χ0v) is 22.6. The van der Waals surface area contributed by atoms with Crippen molar-refractivity contribution in [3.8, 4) is 0 Å². The second-order valence-corrected chi connectivity index (χ2v) is 9.84. The average molecular weight is 552 g/mol. The number of carbonyl (C=O) groups excluding carboxylic acids is 1. The number of rotatable bonds is 7. The van der Waals surface area contributed by atoms with Crippen molar-refractivity contribution in [2.24, 2.45) is 10.9 Å². The lowest BCUT2D eigenvalue weighted by atomic mass is 9.97. The standard InChI is InChI=1S/C30H32F3N5O2/c1-4-26(36-28(20(2)3)38(40)18-21-7-6-15-34-17-21)29(39)37-16-14-25-22(19-37)8-5-9-27(25)35-24-12-10-23(11-13-24)30(31,32)33/h4-13,15,17,20,35,40H,14,16,18-19H2,1-3H3/b26-4-,36-28?. The van der Waals surface area contributed by atoms with E-state index in [1.807, 2.05) is 38.1 Å². The molecule has 0 saturated carbocycles. The number of halogens is 3. The zero-order chi connectivity index (χ0) is 28.9. The number of benzene rings is 2. The first-order chi connectivity index (χ1) is 19.1. The summed E-state index contributed by atoms with van der Waals surface area (Å²) in [5.41, 5.74) is 3.63. The van der Waals surface area contributed by atoms with Crippen molar-refractivity contribution >= 4 is 23.1 Å². The lowest BCUT2D eigenvalue weighted by Gasteiger charge is -2.31. The van der Waals surface area contributed by atoms with Crippen molar-refractivity contribution in [1.82, 2.24) is 14.9 Å². The SMILES string of the molecule is C/C=C(\N=C(C(C)C)N(O)Cc1cccnc1)C(=O)N1CCc2c(cccc2Nc2ccc(C(F)(F)F)cc2)C1. The van der Waals surface area contributed by atoms with Gasteiger partial charge >= 0.3 is 6.18 Å². The molecule has 2 N–H and O–H groups in total. The van der Waals surface area contributed by atoms with E-state index in [1.165, 1.54) is 12.1 Å². The third-order valence-corrected chi connectivity index (χ3v) is 6.61. The predicted octanol–water partition coefficient (Wildman–Crippen LogP) is 6.58. The second kappa shape index (κ2) is 12.3. The topological polar surface area (TPSA) is 81.1 Å². The van der Waals surface area contributed by atoms with Crippen molar-refractivity contribution in [3.63, 3.8) is 0 Å². The number of aliphatic imine (C=N–C) groups is 1. The smallest absolute Gasteiger partial charge is 0.355 e. The molecule has 40 heavy (non-hydrogen) atoms. The molecule has 0 aliphatic carbocycles. The van der Waals surface area contributed by atoms with Gasteiger partial charge in [0.05, 0.1) is 12.1 Å². The molecule has 1 aliphatic heterocycles. The number of hydroxylamine groups is 2. The molecule has 0 radical (unpaired) electrons. The first-order valence-corrected chi connectivity index (χ1v) is 13.0. The third kappa shape index (κ3) is 6.87. The summed E-state index contributed by atoms with van der Waals surface area (Å²) in [6.45, 7) is 6.51. The number of pyridine rings is 1. The Kier molecular flexibility index (Phi) is 8.89. The Balaban J connectivity index is 1.49. The molecule has 0 spiro atoms. The van der Waals surface area contributed by atoms with Crippen molar-refractivity contribution in [1.29, 1.82) is 0 Å². The van der Waals surface area contributed by atoms with Gasteiger partial charge in [0.1, 0.15) is 11.5 Å². The molecule has 2 aromatic carbocycles. The van der Waals surface area contributed by atoms with E-state index in [4.69, 9.17) is 0 Å². The molecule has 0 atom stereocenters. The monoisotopic (exact) mass is 551 g/mol. The zero-order valence-electron chi connectivity index (χ0n) is 22.6. The number of nitrogens with one attached hydrogen (secondary N) is 1. The summed E-state index contributed by atoms with van der Waals surface area (Å²) in [5.74, 6) is -0.0294. The molecule has 0 fully saturated rings. The minimum Gasteiger partial charge on any atom is -0.355 e. The van der Waals surface area contributed by atoms with Gasteiger partial charge in [-0.3, -0.25) is 15.0 Å². The Labute approximate surface area is 231 Å². The van der Waals surface area contributed by atoms with E-state index in [1.54, 1.807) is 36.4 Å². The van der Waals surface area contributed by atoms with E-state index < -0.39 is 11.7 Å². The molecule has 7 nitrogen and oxygen atoms in total. The third-order valence-electron chi connectivity index (χ3n) is 6.61. The van der Waals surface area contributed by atoms with Gasteiger partial charge in [0, 0.05) is 42.8 Å². The van der Waals surface area contributed by atoms with Crippen LogP contribution in [0, 0.1) is 5.92 Å². The van der Waals surface area contributed by atoms with E-state index >= 15 is 0 Å². The van der Waals surface area contributed by atoms with Crippen LogP contribution in [-0.2, 0) is 30.5 Å². The van der Waals surface area contributed by atoms with Gasteiger partial charge in [0.25, 0.3) is 5.91 Å². The average Bonchev–Trinajstić information content (AvgIpc) is 2.93. The second-order valence-electron chi connectivity index (χ2n) is 9.84. The molecular formula is C30H32F3N5O2. The van der Waals surface area contributed by atoms with Crippen LogP contribution in [0.3, 0.4) is 0 Å². The van der Waals surface area contributed by atoms with Crippen molar-refractivity contribution in [2.45, 2.75) is 46.5 Å². The minimum absolute atomic E-state index is 0.148. The van der Waals surface area contributed by atoms with Gasteiger partial charge in [-0.1, -0.05) is 38.1 Å². The van der Waals surface area contributed by atoms with Crippen molar-refractivity contribution < 1.29 is 23.2 Å². The van der Waals surface area contributed by atoms with Crippen LogP contribution < -0.4 is 5.32 Å². The molecule has 210 valence electrons. The molecule has 0 saturated heterocycles. The van der Waals surface area contributed by atoms with Crippen LogP contribution >= 0.6 is 0 Å². The molecule has 1 aliphatic rings. The van der Waals surface area contributed by atoms with Crippen molar-refractivity contribution in [2.75, 3.05) is 11.9 Å². The number of alkyl halides is 3. The molecule has 3 aromatic rings. The van der Waals surface area contributed by atoms with E-state index in [-0.39, 0.29) is 24.1 Å². The summed E-state index contributed by atoms with van der Waals surface area (Å²) in [6.07, 6.45) is 1.13. The highest BCUT2D eigenvalue weighted by molar-refractivity contribution is 5.97. The quantitative estimate of drug-likeness (QED) is 0.150. The number of anilines is 2. The van der Waals surface area contributed by atoms with Crippen LogP contribution in [0.25, 0.3) is 0 Å². The summed E-state index contributed by atoms with van der Waals surface area (Å²) in [6, 6.07) is 14.2. The Morgan fingerprint density at radius 3 is 2.55 bits per heavy atom. The first-order valence-electron chi connectivity index (χ1n) is 13.0. The van der Waals surface area contributed by atoms with Crippen LogP contribution in [0.5, 0.6) is 0 Å². The number of allylic oxidation sites excluding steroid dienone is 1. The summed E-state index contributed by atoms with van der Waals surface area (Å²) >= 11 is 0. The van der Waals surface area contributed by atoms with Crippen LogP contribution in [0.2, 0.25) is 0 Å². The summed E-state index contributed by atoms with van der Waals surface area (Å²) in [4.78, 5) is 23.9. The molecule has 1 aromatic heterocycles. The maximum Gasteiger partial charge on any atom is 0.416 e. The fourth-order valence-electron chi connectivity index (χ4n) is 4.55. The summed E-state index contributed by atoms with van der Waals surface area (Å²) in [7, 11) is 0. The van der Waals surface area contributed by atoms with Gasteiger partial charge in [-0.2, -0.15) is 13.2 Å². The number of amidine groups is 1.